The van der Waals surface area contributed by atoms with Crippen molar-refractivity contribution in [2.75, 3.05) is 11.9 Å². The van der Waals surface area contributed by atoms with E-state index in [-0.39, 0.29) is 5.54 Å². The molecule has 0 unspecified atom stereocenters. The number of halogens is 1. The van der Waals surface area contributed by atoms with Gasteiger partial charge in [-0.2, -0.15) is 0 Å². The van der Waals surface area contributed by atoms with Gasteiger partial charge in [0.1, 0.15) is 5.82 Å². The second kappa shape index (κ2) is 5.36. The average Bonchev–Trinajstić information content (AvgIpc) is 2.29. The summed E-state index contributed by atoms with van der Waals surface area (Å²) in [6.07, 6.45) is 7.90. The molecule has 4 heteroatoms. The highest BCUT2D eigenvalue weighted by molar-refractivity contribution is 9.10. The zero-order valence-electron chi connectivity index (χ0n) is 10.3. The number of anilines is 1. The molecule has 1 fully saturated rings. The van der Waals surface area contributed by atoms with Gasteiger partial charge in [0.15, 0.2) is 0 Å². The van der Waals surface area contributed by atoms with E-state index in [4.69, 9.17) is 5.73 Å². The lowest BCUT2D eigenvalue weighted by Crippen LogP contribution is -2.47. The molecule has 0 bridgehead atoms. The number of aryl methyl sites for hydroxylation is 1. The minimum absolute atomic E-state index is 0.0422. The summed E-state index contributed by atoms with van der Waals surface area (Å²) in [5.74, 6) is 0.948. The second-order valence-electron chi connectivity index (χ2n) is 5.10. The molecule has 0 spiro atoms. The van der Waals surface area contributed by atoms with Crippen molar-refractivity contribution in [2.45, 2.75) is 44.6 Å². The summed E-state index contributed by atoms with van der Waals surface area (Å²) >= 11 is 3.42. The van der Waals surface area contributed by atoms with E-state index in [9.17, 15) is 0 Å². The Morgan fingerprint density at radius 3 is 2.76 bits per heavy atom. The zero-order valence-corrected chi connectivity index (χ0v) is 11.9. The molecule has 0 aromatic carbocycles. The molecule has 1 aliphatic rings. The van der Waals surface area contributed by atoms with Crippen LogP contribution >= 0.6 is 15.9 Å². The van der Waals surface area contributed by atoms with Crippen molar-refractivity contribution >= 4 is 21.7 Å². The second-order valence-corrected chi connectivity index (χ2v) is 6.01. The number of nitrogens with two attached hydrogens (primary N) is 1. The van der Waals surface area contributed by atoms with Crippen molar-refractivity contribution in [1.29, 1.82) is 0 Å². The molecular formula is C13H20BrN3. The van der Waals surface area contributed by atoms with Gasteiger partial charge >= 0.3 is 0 Å². The van der Waals surface area contributed by atoms with Gasteiger partial charge in [-0.3, -0.25) is 0 Å². The Balaban J connectivity index is 1.97. The van der Waals surface area contributed by atoms with Crippen molar-refractivity contribution in [3.8, 4) is 0 Å². The normalized spacial score (nSPS) is 19.0. The van der Waals surface area contributed by atoms with E-state index in [1.807, 2.05) is 6.20 Å². The van der Waals surface area contributed by atoms with E-state index in [0.29, 0.717) is 0 Å². The summed E-state index contributed by atoms with van der Waals surface area (Å²) < 4.78 is 1.01. The van der Waals surface area contributed by atoms with Crippen molar-refractivity contribution in [1.82, 2.24) is 4.98 Å². The molecule has 0 atom stereocenters. The van der Waals surface area contributed by atoms with Gasteiger partial charge in [0.2, 0.25) is 0 Å². The quantitative estimate of drug-likeness (QED) is 0.901. The Kier molecular flexibility index (Phi) is 4.05. The van der Waals surface area contributed by atoms with Crippen molar-refractivity contribution in [3.05, 3.63) is 22.3 Å². The highest BCUT2D eigenvalue weighted by Crippen LogP contribution is 2.26. The molecule has 17 heavy (non-hydrogen) atoms. The Morgan fingerprint density at radius 2 is 2.12 bits per heavy atom. The van der Waals surface area contributed by atoms with Crippen LogP contribution in [0.1, 0.15) is 37.7 Å². The smallest absolute Gasteiger partial charge is 0.128 e. The topological polar surface area (TPSA) is 50.9 Å². The number of pyridine rings is 1. The number of nitrogens with one attached hydrogen (secondary N) is 1. The maximum absolute atomic E-state index is 6.39. The van der Waals surface area contributed by atoms with Crippen molar-refractivity contribution in [3.63, 3.8) is 0 Å². The lowest BCUT2D eigenvalue weighted by molar-refractivity contribution is 0.311. The van der Waals surface area contributed by atoms with Gasteiger partial charge in [-0.15, -0.1) is 0 Å². The maximum atomic E-state index is 6.39. The molecule has 1 saturated carbocycles. The Labute approximate surface area is 111 Å². The van der Waals surface area contributed by atoms with Gasteiger partial charge in [-0.25, -0.2) is 4.98 Å². The minimum Gasteiger partial charge on any atom is -0.368 e. The monoisotopic (exact) mass is 297 g/mol. The van der Waals surface area contributed by atoms with Crippen LogP contribution in [-0.4, -0.2) is 17.1 Å². The predicted octanol–water partition coefficient (Wildman–Crippen LogP) is 3.23. The first kappa shape index (κ1) is 12.8. The molecule has 0 saturated heterocycles. The summed E-state index contributed by atoms with van der Waals surface area (Å²) in [7, 11) is 0. The molecule has 1 heterocycles. The summed E-state index contributed by atoms with van der Waals surface area (Å²) in [6.45, 7) is 2.88. The van der Waals surface area contributed by atoms with Gasteiger partial charge in [0, 0.05) is 22.8 Å². The van der Waals surface area contributed by atoms with Crippen LogP contribution in [0.4, 0.5) is 5.82 Å². The van der Waals surface area contributed by atoms with Crippen LogP contribution in [-0.2, 0) is 0 Å². The Hall–Kier alpha value is -0.610. The zero-order chi connectivity index (χ0) is 12.3. The fraction of sp³-hybridized carbons (Fsp3) is 0.615. The minimum atomic E-state index is -0.0422. The predicted molar refractivity (Wildman–Crippen MR) is 75.2 cm³/mol. The lowest BCUT2D eigenvalue weighted by Gasteiger charge is -2.33. The number of hydrogen-bond donors (Lipinski definition) is 2. The van der Waals surface area contributed by atoms with Crippen LogP contribution in [0.2, 0.25) is 0 Å². The first-order chi connectivity index (χ1) is 8.09. The molecule has 1 aromatic heterocycles. The molecule has 1 aromatic rings. The third-order valence-corrected chi connectivity index (χ3v) is 3.94. The molecule has 3 N–H and O–H groups in total. The maximum Gasteiger partial charge on any atom is 0.128 e. The highest BCUT2D eigenvalue weighted by atomic mass is 79.9. The fourth-order valence-corrected chi connectivity index (χ4v) is 2.86. The standard InChI is InChI=1S/C13H20BrN3/c1-10-7-11(14)8-16-12(10)17-9-13(15)5-3-2-4-6-13/h7-8H,2-6,9,15H2,1H3,(H,16,17). The molecule has 2 rings (SSSR count). The summed E-state index contributed by atoms with van der Waals surface area (Å²) in [5.41, 5.74) is 7.50. The SMILES string of the molecule is Cc1cc(Br)cnc1NCC1(N)CCCCC1. The third kappa shape index (κ3) is 3.42. The highest BCUT2D eigenvalue weighted by Gasteiger charge is 2.27. The summed E-state index contributed by atoms with van der Waals surface area (Å²) in [6, 6.07) is 2.07. The van der Waals surface area contributed by atoms with Gasteiger partial charge < -0.3 is 11.1 Å². The average molecular weight is 298 g/mol. The number of aromatic nitrogens is 1. The van der Waals surface area contributed by atoms with Crippen molar-refractivity contribution < 1.29 is 0 Å². The largest absolute Gasteiger partial charge is 0.368 e. The van der Waals surface area contributed by atoms with Gasteiger partial charge in [-0.1, -0.05) is 19.3 Å². The van der Waals surface area contributed by atoms with Crippen LogP contribution in [0, 0.1) is 6.92 Å². The molecular weight excluding hydrogens is 278 g/mol. The number of rotatable bonds is 3. The Bertz CT molecular complexity index is 386. The lowest BCUT2D eigenvalue weighted by atomic mass is 9.82. The number of nitrogens with zero attached hydrogens (tertiary/aromatic N) is 1. The van der Waals surface area contributed by atoms with E-state index in [2.05, 4.69) is 39.2 Å². The van der Waals surface area contributed by atoms with E-state index in [0.717, 1.165) is 35.2 Å². The fourth-order valence-electron chi connectivity index (χ4n) is 2.42. The van der Waals surface area contributed by atoms with E-state index >= 15 is 0 Å². The van der Waals surface area contributed by atoms with Crippen LogP contribution in [0.15, 0.2) is 16.7 Å². The van der Waals surface area contributed by atoms with Gasteiger partial charge in [0.25, 0.3) is 0 Å². The summed E-state index contributed by atoms with van der Waals surface area (Å²) in [5, 5.41) is 3.39. The van der Waals surface area contributed by atoms with Crippen molar-refractivity contribution in [2.24, 2.45) is 5.73 Å². The molecule has 1 aliphatic carbocycles. The molecule has 94 valence electrons. The molecule has 3 nitrogen and oxygen atoms in total. The first-order valence-electron chi connectivity index (χ1n) is 6.24. The Morgan fingerprint density at radius 1 is 1.41 bits per heavy atom. The van der Waals surface area contributed by atoms with Gasteiger partial charge in [-0.05, 0) is 47.3 Å². The van der Waals surface area contributed by atoms with Crippen LogP contribution in [0.25, 0.3) is 0 Å². The summed E-state index contributed by atoms with van der Waals surface area (Å²) in [4.78, 5) is 4.38. The molecule has 0 radical (unpaired) electrons. The van der Waals surface area contributed by atoms with E-state index in [1.165, 1.54) is 19.3 Å². The molecule has 0 aliphatic heterocycles. The first-order valence-corrected chi connectivity index (χ1v) is 7.03. The molecule has 0 amide bonds. The van der Waals surface area contributed by atoms with Crippen LogP contribution < -0.4 is 11.1 Å². The van der Waals surface area contributed by atoms with Crippen LogP contribution in [0.5, 0.6) is 0 Å². The van der Waals surface area contributed by atoms with E-state index in [1.54, 1.807) is 0 Å². The third-order valence-electron chi connectivity index (χ3n) is 3.50. The van der Waals surface area contributed by atoms with Crippen LogP contribution in [0.3, 0.4) is 0 Å². The van der Waals surface area contributed by atoms with E-state index < -0.39 is 0 Å². The number of hydrogen-bond acceptors (Lipinski definition) is 3. The van der Waals surface area contributed by atoms with Gasteiger partial charge in [0.05, 0.1) is 0 Å².